The molecule has 16 heavy (non-hydrogen) atoms. The fourth-order valence-electron chi connectivity index (χ4n) is 2.10. The van der Waals surface area contributed by atoms with E-state index in [-0.39, 0.29) is 6.54 Å². The third-order valence-electron chi connectivity index (χ3n) is 3.20. The van der Waals surface area contributed by atoms with Crippen molar-refractivity contribution in [2.75, 3.05) is 13.1 Å². The van der Waals surface area contributed by atoms with Crippen molar-refractivity contribution in [2.45, 2.75) is 64.3 Å². The fourth-order valence-corrected chi connectivity index (χ4v) is 2.10. The Hall–Kier alpha value is -0.570. The molecule has 3 nitrogen and oxygen atoms in total. The van der Waals surface area contributed by atoms with Crippen LogP contribution in [0.25, 0.3) is 0 Å². The number of rotatable bonds is 10. The van der Waals surface area contributed by atoms with E-state index in [1.165, 1.54) is 44.9 Å². The molecule has 1 rings (SSSR count). The molecule has 0 amide bonds. The van der Waals surface area contributed by atoms with Crippen LogP contribution in [0.3, 0.4) is 0 Å². The van der Waals surface area contributed by atoms with Crippen LogP contribution in [0.4, 0.5) is 0 Å². The van der Waals surface area contributed by atoms with Crippen LogP contribution in [0, 0.1) is 0 Å². The van der Waals surface area contributed by atoms with Gasteiger partial charge in [0.15, 0.2) is 0 Å². The molecular weight excluding hydrogens is 202 g/mol. The normalized spacial score (nSPS) is 15.6. The smallest absolute Gasteiger partial charge is 0.317 e. The van der Waals surface area contributed by atoms with Crippen LogP contribution in [-0.4, -0.2) is 35.1 Å². The van der Waals surface area contributed by atoms with Crippen molar-refractivity contribution in [1.29, 1.82) is 0 Å². The van der Waals surface area contributed by atoms with Gasteiger partial charge in [0.25, 0.3) is 0 Å². The van der Waals surface area contributed by atoms with Crippen LogP contribution in [0.15, 0.2) is 0 Å². The zero-order chi connectivity index (χ0) is 11.8. The van der Waals surface area contributed by atoms with E-state index in [9.17, 15) is 4.79 Å². The molecule has 1 fully saturated rings. The first kappa shape index (κ1) is 13.5. The van der Waals surface area contributed by atoms with Gasteiger partial charge in [-0.25, -0.2) is 0 Å². The summed E-state index contributed by atoms with van der Waals surface area (Å²) in [7, 11) is 0. The summed E-state index contributed by atoms with van der Waals surface area (Å²) < 4.78 is 0. The summed E-state index contributed by atoms with van der Waals surface area (Å²) in [6, 6.07) is 0.576. The maximum absolute atomic E-state index is 10.7. The average molecular weight is 227 g/mol. The number of hydrogen-bond acceptors (Lipinski definition) is 2. The summed E-state index contributed by atoms with van der Waals surface area (Å²) in [6.07, 6.45) is 10.1. The predicted octanol–water partition coefficient (Wildman–Crippen LogP) is 2.90. The Morgan fingerprint density at radius 3 is 2.38 bits per heavy atom. The second-order valence-corrected chi connectivity index (χ2v) is 4.86. The van der Waals surface area contributed by atoms with E-state index in [0.717, 1.165) is 13.0 Å². The molecule has 94 valence electrons. The van der Waals surface area contributed by atoms with E-state index < -0.39 is 5.97 Å². The van der Waals surface area contributed by atoms with Crippen LogP contribution in [0.1, 0.15) is 58.3 Å². The number of aliphatic carboxylic acids is 1. The summed E-state index contributed by atoms with van der Waals surface area (Å²) in [5, 5.41) is 8.79. The first-order valence-corrected chi connectivity index (χ1v) is 6.70. The molecule has 0 atom stereocenters. The van der Waals surface area contributed by atoms with Crippen LogP contribution in [0.5, 0.6) is 0 Å². The molecular formula is C13H25NO2. The molecule has 1 saturated carbocycles. The highest BCUT2D eigenvalue weighted by molar-refractivity contribution is 5.69. The molecule has 0 spiro atoms. The van der Waals surface area contributed by atoms with Crippen LogP contribution in [0.2, 0.25) is 0 Å². The predicted molar refractivity (Wildman–Crippen MR) is 65.6 cm³/mol. The monoisotopic (exact) mass is 227 g/mol. The second kappa shape index (κ2) is 7.66. The lowest BCUT2D eigenvalue weighted by Crippen LogP contribution is -2.32. The summed E-state index contributed by atoms with van der Waals surface area (Å²) in [5.74, 6) is -0.683. The van der Waals surface area contributed by atoms with Crippen molar-refractivity contribution in [3.8, 4) is 0 Å². The Bertz CT molecular complexity index is 202. The van der Waals surface area contributed by atoms with Crippen molar-refractivity contribution in [3.63, 3.8) is 0 Å². The van der Waals surface area contributed by atoms with Gasteiger partial charge in [0.05, 0.1) is 6.54 Å². The fraction of sp³-hybridized carbons (Fsp3) is 0.923. The number of carboxylic acids is 1. The van der Waals surface area contributed by atoms with Gasteiger partial charge in [0, 0.05) is 6.04 Å². The number of unbranched alkanes of at least 4 members (excludes halogenated alkanes) is 5. The topological polar surface area (TPSA) is 40.5 Å². The molecule has 0 radical (unpaired) electrons. The standard InChI is InChI=1S/C13H25NO2/c1-2-3-4-5-6-7-10-14(11-13(15)16)12-8-9-12/h12H,2-11H2,1H3,(H,15,16). The molecule has 1 aliphatic carbocycles. The van der Waals surface area contributed by atoms with E-state index in [4.69, 9.17) is 5.11 Å². The van der Waals surface area contributed by atoms with Gasteiger partial charge in [-0.2, -0.15) is 0 Å². The van der Waals surface area contributed by atoms with Gasteiger partial charge in [0.2, 0.25) is 0 Å². The van der Waals surface area contributed by atoms with Crippen molar-refractivity contribution in [3.05, 3.63) is 0 Å². The Labute approximate surface area is 98.8 Å². The van der Waals surface area contributed by atoms with Crippen molar-refractivity contribution < 1.29 is 9.90 Å². The van der Waals surface area contributed by atoms with Gasteiger partial charge in [-0.3, -0.25) is 9.69 Å². The highest BCUT2D eigenvalue weighted by atomic mass is 16.4. The Kier molecular flexibility index (Phi) is 6.46. The minimum absolute atomic E-state index is 0.236. The Balaban J connectivity index is 2.01. The quantitative estimate of drug-likeness (QED) is 0.583. The third-order valence-corrected chi connectivity index (χ3v) is 3.20. The molecule has 0 bridgehead atoms. The number of carboxylic acid groups (broad SMARTS) is 1. The Morgan fingerprint density at radius 2 is 1.81 bits per heavy atom. The highest BCUT2D eigenvalue weighted by Crippen LogP contribution is 2.26. The molecule has 0 saturated heterocycles. The summed E-state index contributed by atoms with van der Waals surface area (Å²) in [4.78, 5) is 12.8. The lowest BCUT2D eigenvalue weighted by atomic mass is 10.1. The first-order chi connectivity index (χ1) is 7.74. The van der Waals surface area contributed by atoms with Crippen LogP contribution in [-0.2, 0) is 4.79 Å². The highest BCUT2D eigenvalue weighted by Gasteiger charge is 2.29. The minimum atomic E-state index is -0.683. The third kappa shape index (κ3) is 6.11. The number of nitrogens with zero attached hydrogens (tertiary/aromatic N) is 1. The van der Waals surface area contributed by atoms with Crippen molar-refractivity contribution >= 4 is 5.97 Å². The summed E-state index contributed by atoms with van der Waals surface area (Å²) in [5.41, 5.74) is 0. The first-order valence-electron chi connectivity index (χ1n) is 6.70. The van der Waals surface area contributed by atoms with Crippen LogP contribution >= 0.6 is 0 Å². The van der Waals surface area contributed by atoms with Gasteiger partial charge in [-0.1, -0.05) is 39.0 Å². The SMILES string of the molecule is CCCCCCCCN(CC(=O)O)C1CC1. The van der Waals surface area contributed by atoms with Crippen molar-refractivity contribution in [1.82, 2.24) is 4.90 Å². The molecule has 0 aromatic carbocycles. The molecule has 0 unspecified atom stereocenters. The van der Waals surface area contributed by atoms with E-state index in [2.05, 4.69) is 11.8 Å². The lowest BCUT2D eigenvalue weighted by Gasteiger charge is -2.19. The molecule has 0 aromatic heterocycles. The summed E-state index contributed by atoms with van der Waals surface area (Å²) >= 11 is 0. The largest absolute Gasteiger partial charge is 0.480 e. The number of hydrogen-bond donors (Lipinski definition) is 1. The molecule has 1 N–H and O–H groups in total. The molecule has 3 heteroatoms. The van der Waals surface area contributed by atoms with Gasteiger partial charge >= 0.3 is 5.97 Å². The zero-order valence-electron chi connectivity index (χ0n) is 10.5. The van der Waals surface area contributed by atoms with Crippen molar-refractivity contribution in [2.24, 2.45) is 0 Å². The van der Waals surface area contributed by atoms with Gasteiger partial charge in [-0.05, 0) is 25.8 Å². The van der Waals surface area contributed by atoms with E-state index in [1.807, 2.05) is 0 Å². The second-order valence-electron chi connectivity index (χ2n) is 4.86. The Morgan fingerprint density at radius 1 is 1.19 bits per heavy atom. The maximum atomic E-state index is 10.7. The molecule has 0 aliphatic heterocycles. The van der Waals surface area contributed by atoms with Gasteiger partial charge < -0.3 is 5.11 Å². The van der Waals surface area contributed by atoms with E-state index >= 15 is 0 Å². The minimum Gasteiger partial charge on any atom is -0.480 e. The molecule has 0 aromatic rings. The van der Waals surface area contributed by atoms with Gasteiger partial charge in [0.1, 0.15) is 0 Å². The molecule has 0 heterocycles. The summed E-state index contributed by atoms with van der Waals surface area (Å²) in [6.45, 7) is 3.43. The number of carbonyl (C=O) groups is 1. The maximum Gasteiger partial charge on any atom is 0.317 e. The molecule has 1 aliphatic rings. The average Bonchev–Trinajstić information content (AvgIpc) is 3.04. The van der Waals surface area contributed by atoms with E-state index in [0.29, 0.717) is 6.04 Å². The lowest BCUT2D eigenvalue weighted by molar-refractivity contribution is -0.138. The van der Waals surface area contributed by atoms with Gasteiger partial charge in [-0.15, -0.1) is 0 Å². The zero-order valence-corrected chi connectivity index (χ0v) is 10.5. The van der Waals surface area contributed by atoms with E-state index in [1.54, 1.807) is 0 Å². The van der Waals surface area contributed by atoms with Crippen LogP contribution < -0.4 is 0 Å².